The van der Waals surface area contributed by atoms with E-state index in [2.05, 4.69) is 17.4 Å². The number of pyridine rings is 1. The second-order valence-corrected chi connectivity index (χ2v) is 9.31. The molecule has 1 aliphatic heterocycles. The van der Waals surface area contributed by atoms with Gasteiger partial charge in [0.25, 0.3) is 0 Å². The Balaban J connectivity index is 1.16. The zero-order chi connectivity index (χ0) is 22.5. The predicted molar refractivity (Wildman–Crippen MR) is 126 cm³/mol. The lowest BCUT2D eigenvalue weighted by atomic mass is 9.86. The molecule has 1 unspecified atom stereocenters. The van der Waals surface area contributed by atoms with Gasteiger partial charge in [0.05, 0.1) is 6.10 Å². The van der Waals surface area contributed by atoms with Crippen LogP contribution in [0.3, 0.4) is 0 Å². The highest BCUT2D eigenvalue weighted by Crippen LogP contribution is 2.34. The Hall–Kier alpha value is -2.15. The number of unbranched alkanes of at least 4 members (excludes halogenated alkanes) is 1. The average molecular weight is 458 g/mol. The minimum Gasteiger partial charge on any atom is -0.480 e. The fraction of sp³-hybridized carbons (Fsp3) is 0.520. The van der Waals surface area contributed by atoms with Crippen LogP contribution in [0, 0.1) is 0 Å². The van der Waals surface area contributed by atoms with E-state index in [1.165, 1.54) is 12.0 Å². The number of aromatic nitrogens is 1. The number of rotatable bonds is 10. The summed E-state index contributed by atoms with van der Waals surface area (Å²) in [5, 5.41) is 13.7. The Morgan fingerprint density at radius 1 is 1.31 bits per heavy atom. The van der Waals surface area contributed by atoms with E-state index in [0.717, 1.165) is 63.2 Å². The summed E-state index contributed by atoms with van der Waals surface area (Å²) in [4.78, 5) is 18.6. The molecular formula is C25H32ClN3O3. The van der Waals surface area contributed by atoms with Gasteiger partial charge in [-0.05, 0) is 81.3 Å². The predicted octanol–water partition coefficient (Wildman–Crippen LogP) is 4.72. The van der Waals surface area contributed by atoms with E-state index in [-0.39, 0.29) is 12.1 Å². The van der Waals surface area contributed by atoms with Gasteiger partial charge < -0.3 is 15.2 Å². The van der Waals surface area contributed by atoms with Gasteiger partial charge in [0, 0.05) is 29.9 Å². The fourth-order valence-corrected chi connectivity index (χ4v) is 4.81. The third kappa shape index (κ3) is 5.61. The van der Waals surface area contributed by atoms with Crippen molar-refractivity contribution in [2.24, 2.45) is 0 Å². The molecule has 1 saturated carbocycles. The number of aryl methyl sites for hydroxylation is 2. The highest BCUT2D eigenvalue weighted by atomic mass is 35.5. The molecule has 172 valence electrons. The van der Waals surface area contributed by atoms with Crippen molar-refractivity contribution in [3.63, 3.8) is 0 Å². The molecule has 4 rings (SSSR count). The van der Waals surface area contributed by atoms with Crippen molar-refractivity contribution in [3.05, 3.63) is 58.2 Å². The van der Waals surface area contributed by atoms with Crippen LogP contribution in [0.1, 0.15) is 55.0 Å². The molecule has 0 radical (unpaired) electrons. The molecule has 2 aliphatic rings. The lowest BCUT2D eigenvalue weighted by Crippen LogP contribution is -2.49. The van der Waals surface area contributed by atoms with Crippen molar-refractivity contribution in [2.45, 2.75) is 63.1 Å². The van der Waals surface area contributed by atoms with Crippen molar-refractivity contribution in [1.82, 2.24) is 9.88 Å². The van der Waals surface area contributed by atoms with Gasteiger partial charge in [0.1, 0.15) is 11.9 Å². The zero-order valence-electron chi connectivity index (χ0n) is 18.6. The Morgan fingerprint density at radius 2 is 2.16 bits per heavy atom. The molecule has 2 N–H and O–H groups in total. The summed E-state index contributed by atoms with van der Waals surface area (Å²) >= 11 is 6.06. The maximum Gasteiger partial charge on any atom is 0.325 e. The number of fused-ring (bicyclic) bond motifs is 1. The van der Waals surface area contributed by atoms with Crippen LogP contribution in [0.4, 0.5) is 5.82 Å². The van der Waals surface area contributed by atoms with E-state index in [1.807, 2.05) is 18.0 Å². The molecule has 32 heavy (non-hydrogen) atoms. The first-order valence-electron chi connectivity index (χ1n) is 11.6. The lowest BCUT2D eigenvalue weighted by molar-refractivity contribution is -0.146. The molecule has 1 aliphatic carbocycles. The van der Waals surface area contributed by atoms with E-state index < -0.39 is 12.0 Å². The van der Waals surface area contributed by atoms with Gasteiger partial charge >= 0.3 is 5.97 Å². The number of anilines is 1. The summed E-state index contributed by atoms with van der Waals surface area (Å²) in [6.07, 6.45) is 7.25. The zero-order valence-corrected chi connectivity index (χ0v) is 19.4. The molecule has 1 aromatic heterocycles. The fourth-order valence-electron chi connectivity index (χ4n) is 4.61. The van der Waals surface area contributed by atoms with Crippen LogP contribution in [0.2, 0.25) is 5.02 Å². The summed E-state index contributed by atoms with van der Waals surface area (Å²) in [6, 6.07) is 11.0. The van der Waals surface area contributed by atoms with Crippen LogP contribution >= 0.6 is 11.6 Å². The Labute approximate surface area is 194 Å². The minimum atomic E-state index is -0.856. The number of nitrogens with one attached hydrogen (secondary N) is 1. The van der Waals surface area contributed by atoms with Crippen LogP contribution in [-0.4, -0.2) is 53.3 Å². The molecule has 1 atom stereocenters. The Morgan fingerprint density at radius 3 is 2.94 bits per heavy atom. The third-order valence-electron chi connectivity index (χ3n) is 6.58. The number of aliphatic carboxylic acids is 1. The van der Waals surface area contributed by atoms with Gasteiger partial charge in [-0.15, -0.1) is 0 Å². The smallest absolute Gasteiger partial charge is 0.325 e. The number of carboxylic acid groups (broad SMARTS) is 1. The van der Waals surface area contributed by atoms with Gasteiger partial charge in [0.2, 0.25) is 0 Å². The standard InChI is InChI=1S/C25H32ClN3O3/c1-29(23(25(30)31)18-6-4-8-19(26)14-18)21-15-22(16-21)32-13-3-2-9-20-11-10-17-7-5-12-27-24(17)28-20/h4,6,8,10-11,14,21-23H,2-3,5,7,9,12-13,15-16H2,1H3,(H,27,28)(H,30,31). The van der Waals surface area contributed by atoms with Gasteiger partial charge in [-0.1, -0.05) is 29.8 Å². The van der Waals surface area contributed by atoms with Gasteiger partial charge in [-0.2, -0.15) is 0 Å². The summed E-state index contributed by atoms with van der Waals surface area (Å²) in [7, 11) is 1.88. The molecule has 2 heterocycles. The van der Waals surface area contributed by atoms with Crippen molar-refractivity contribution in [2.75, 3.05) is 25.5 Å². The van der Waals surface area contributed by atoms with E-state index >= 15 is 0 Å². The second-order valence-electron chi connectivity index (χ2n) is 8.88. The minimum absolute atomic E-state index is 0.201. The molecule has 0 amide bonds. The van der Waals surface area contributed by atoms with Crippen LogP contribution < -0.4 is 5.32 Å². The van der Waals surface area contributed by atoms with E-state index in [1.54, 1.807) is 18.2 Å². The normalized spacial score (nSPS) is 20.8. The molecule has 7 heteroatoms. The largest absolute Gasteiger partial charge is 0.480 e. The van der Waals surface area contributed by atoms with E-state index in [0.29, 0.717) is 10.6 Å². The first kappa shape index (κ1) is 23.0. The van der Waals surface area contributed by atoms with Crippen molar-refractivity contribution >= 4 is 23.4 Å². The van der Waals surface area contributed by atoms with Gasteiger partial charge in [0.15, 0.2) is 0 Å². The summed E-state index contributed by atoms with van der Waals surface area (Å²) in [5.74, 6) is 0.206. The molecule has 1 fully saturated rings. The van der Waals surface area contributed by atoms with Gasteiger partial charge in [-0.25, -0.2) is 4.98 Å². The molecule has 6 nitrogen and oxygen atoms in total. The maximum absolute atomic E-state index is 11.9. The Bertz CT molecular complexity index is 932. The van der Waals surface area contributed by atoms with Crippen LogP contribution in [-0.2, 0) is 22.4 Å². The average Bonchev–Trinajstić information content (AvgIpc) is 2.74. The molecular weight excluding hydrogens is 426 g/mol. The molecule has 0 bridgehead atoms. The van der Waals surface area contributed by atoms with E-state index in [4.69, 9.17) is 21.3 Å². The monoisotopic (exact) mass is 457 g/mol. The molecule has 1 aromatic carbocycles. The van der Waals surface area contributed by atoms with Crippen molar-refractivity contribution in [1.29, 1.82) is 0 Å². The number of carboxylic acids is 1. The number of hydrogen-bond donors (Lipinski definition) is 2. The number of likely N-dealkylation sites (N-methyl/N-ethyl adjacent to an activating group) is 1. The third-order valence-corrected chi connectivity index (χ3v) is 6.82. The first-order valence-corrected chi connectivity index (χ1v) is 11.9. The number of carbonyl (C=O) groups is 1. The number of halogens is 1. The van der Waals surface area contributed by atoms with Crippen molar-refractivity contribution < 1.29 is 14.6 Å². The van der Waals surface area contributed by atoms with Crippen LogP contribution in [0.25, 0.3) is 0 Å². The second kappa shape index (κ2) is 10.6. The topological polar surface area (TPSA) is 74.7 Å². The number of nitrogens with zero attached hydrogens (tertiary/aromatic N) is 2. The lowest BCUT2D eigenvalue weighted by Gasteiger charge is -2.43. The van der Waals surface area contributed by atoms with Crippen LogP contribution in [0.15, 0.2) is 36.4 Å². The number of benzene rings is 1. The quantitative estimate of drug-likeness (QED) is 0.503. The molecule has 0 saturated heterocycles. The summed E-state index contributed by atoms with van der Waals surface area (Å²) < 4.78 is 6.02. The molecule has 2 aromatic rings. The summed E-state index contributed by atoms with van der Waals surface area (Å²) in [6.45, 7) is 1.75. The Kier molecular flexibility index (Phi) is 7.66. The van der Waals surface area contributed by atoms with Gasteiger partial charge in [-0.3, -0.25) is 9.69 Å². The van der Waals surface area contributed by atoms with E-state index in [9.17, 15) is 9.90 Å². The highest BCUT2D eigenvalue weighted by molar-refractivity contribution is 6.30. The highest BCUT2D eigenvalue weighted by Gasteiger charge is 2.38. The first-order chi connectivity index (χ1) is 15.5. The van der Waals surface area contributed by atoms with Crippen LogP contribution in [0.5, 0.6) is 0 Å². The SMILES string of the molecule is CN(C1CC(OCCCCc2ccc3c(n2)NCCC3)C1)C(C(=O)O)c1cccc(Cl)c1. The van der Waals surface area contributed by atoms with Crippen molar-refractivity contribution in [3.8, 4) is 0 Å². The summed E-state index contributed by atoms with van der Waals surface area (Å²) in [5.41, 5.74) is 3.18. The molecule has 0 spiro atoms. The number of hydrogen-bond acceptors (Lipinski definition) is 5. The maximum atomic E-state index is 11.9. The number of ether oxygens (including phenoxy) is 1.